The molecule has 0 atom stereocenters. The Kier molecular flexibility index (Phi) is 4.75. The first-order valence-corrected chi connectivity index (χ1v) is 8.06. The minimum absolute atomic E-state index is 0.271. The number of hydrogen-bond acceptors (Lipinski definition) is 4. The highest BCUT2D eigenvalue weighted by atomic mass is 16.1. The molecule has 0 aliphatic carbocycles. The van der Waals surface area contributed by atoms with Gasteiger partial charge < -0.3 is 10.6 Å². The van der Waals surface area contributed by atoms with E-state index in [0.717, 1.165) is 22.5 Å². The van der Waals surface area contributed by atoms with Gasteiger partial charge in [-0.25, -0.2) is 9.97 Å². The lowest BCUT2D eigenvalue weighted by Crippen LogP contribution is -2.14. The highest BCUT2D eigenvalue weighted by Crippen LogP contribution is 2.21. The van der Waals surface area contributed by atoms with Crippen LogP contribution in [0.4, 0.5) is 17.2 Å². The van der Waals surface area contributed by atoms with E-state index >= 15 is 0 Å². The summed E-state index contributed by atoms with van der Waals surface area (Å²) in [4.78, 5) is 20.8. The van der Waals surface area contributed by atoms with Crippen LogP contribution in [0.3, 0.4) is 0 Å². The summed E-state index contributed by atoms with van der Waals surface area (Å²) in [6.45, 7) is 6.09. The highest BCUT2D eigenvalue weighted by molar-refractivity contribution is 6.02. The second-order valence-corrected chi connectivity index (χ2v) is 5.98. The maximum atomic E-state index is 12.3. The normalized spacial score (nSPS) is 10.4. The molecule has 0 aliphatic heterocycles. The zero-order valence-corrected chi connectivity index (χ0v) is 14.5. The number of rotatable bonds is 4. The Morgan fingerprint density at radius 1 is 0.960 bits per heavy atom. The van der Waals surface area contributed by atoms with E-state index in [1.165, 1.54) is 11.8 Å². The maximum Gasteiger partial charge on any atom is 0.275 e. The SMILES string of the molecule is Cc1cccc(NC(=O)c2cnc(Nc3cccc(C)c3C)cn2)c1. The predicted molar refractivity (Wildman–Crippen MR) is 100 cm³/mol. The molecular weight excluding hydrogens is 312 g/mol. The van der Waals surface area contributed by atoms with Crippen molar-refractivity contribution in [3.63, 3.8) is 0 Å². The Bertz CT molecular complexity index is 904. The highest BCUT2D eigenvalue weighted by Gasteiger charge is 2.09. The van der Waals surface area contributed by atoms with Crippen molar-refractivity contribution in [2.45, 2.75) is 20.8 Å². The average molecular weight is 332 g/mol. The molecule has 0 fully saturated rings. The number of anilines is 3. The molecule has 25 heavy (non-hydrogen) atoms. The Morgan fingerprint density at radius 2 is 1.76 bits per heavy atom. The maximum absolute atomic E-state index is 12.3. The number of benzene rings is 2. The largest absolute Gasteiger partial charge is 0.339 e. The molecule has 0 radical (unpaired) electrons. The zero-order chi connectivity index (χ0) is 17.8. The van der Waals surface area contributed by atoms with E-state index in [-0.39, 0.29) is 11.6 Å². The summed E-state index contributed by atoms with van der Waals surface area (Å²) < 4.78 is 0. The monoisotopic (exact) mass is 332 g/mol. The molecule has 0 saturated heterocycles. The lowest BCUT2D eigenvalue weighted by atomic mass is 10.1. The molecule has 0 unspecified atom stereocenters. The van der Waals surface area contributed by atoms with Crippen molar-refractivity contribution in [1.82, 2.24) is 9.97 Å². The van der Waals surface area contributed by atoms with Crippen molar-refractivity contribution in [2.75, 3.05) is 10.6 Å². The summed E-state index contributed by atoms with van der Waals surface area (Å²) in [6.07, 6.45) is 3.03. The fourth-order valence-electron chi connectivity index (χ4n) is 2.45. The number of aryl methyl sites for hydroxylation is 2. The van der Waals surface area contributed by atoms with Gasteiger partial charge in [-0.2, -0.15) is 0 Å². The van der Waals surface area contributed by atoms with Crippen molar-refractivity contribution in [3.05, 3.63) is 77.2 Å². The number of nitrogens with one attached hydrogen (secondary N) is 2. The van der Waals surface area contributed by atoms with E-state index < -0.39 is 0 Å². The number of amides is 1. The first-order chi connectivity index (χ1) is 12.0. The van der Waals surface area contributed by atoms with Crippen LogP contribution in [0.2, 0.25) is 0 Å². The molecule has 3 rings (SSSR count). The molecule has 2 aromatic carbocycles. The van der Waals surface area contributed by atoms with Crippen molar-refractivity contribution in [2.24, 2.45) is 0 Å². The van der Waals surface area contributed by atoms with Crippen molar-refractivity contribution < 1.29 is 4.79 Å². The molecule has 2 N–H and O–H groups in total. The molecule has 5 heteroatoms. The van der Waals surface area contributed by atoms with Gasteiger partial charge in [0.2, 0.25) is 0 Å². The Morgan fingerprint density at radius 3 is 2.48 bits per heavy atom. The van der Waals surface area contributed by atoms with Gasteiger partial charge in [-0.1, -0.05) is 24.3 Å². The second kappa shape index (κ2) is 7.13. The van der Waals surface area contributed by atoms with E-state index in [1.807, 2.05) is 43.3 Å². The van der Waals surface area contributed by atoms with E-state index in [9.17, 15) is 4.79 Å². The number of nitrogens with zero attached hydrogens (tertiary/aromatic N) is 2. The lowest BCUT2D eigenvalue weighted by Gasteiger charge is -2.11. The Labute approximate surface area is 147 Å². The van der Waals surface area contributed by atoms with Gasteiger partial charge in [0.05, 0.1) is 12.4 Å². The zero-order valence-electron chi connectivity index (χ0n) is 14.5. The molecule has 0 bridgehead atoms. The van der Waals surface area contributed by atoms with Crippen molar-refractivity contribution >= 4 is 23.1 Å². The summed E-state index contributed by atoms with van der Waals surface area (Å²) in [5.41, 5.74) is 5.43. The average Bonchev–Trinajstić information content (AvgIpc) is 2.59. The summed E-state index contributed by atoms with van der Waals surface area (Å²) in [7, 11) is 0. The van der Waals surface area contributed by atoms with E-state index in [0.29, 0.717) is 5.82 Å². The van der Waals surface area contributed by atoms with Gasteiger partial charge in [-0.15, -0.1) is 0 Å². The fourth-order valence-corrected chi connectivity index (χ4v) is 2.45. The smallest absolute Gasteiger partial charge is 0.275 e. The third kappa shape index (κ3) is 4.01. The molecule has 0 aliphatic rings. The van der Waals surface area contributed by atoms with Gasteiger partial charge in [0, 0.05) is 11.4 Å². The molecule has 0 saturated carbocycles. The topological polar surface area (TPSA) is 66.9 Å². The first-order valence-electron chi connectivity index (χ1n) is 8.06. The van der Waals surface area contributed by atoms with Crippen LogP contribution in [0.25, 0.3) is 0 Å². The minimum Gasteiger partial charge on any atom is -0.339 e. The quantitative estimate of drug-likeness (QED) is 0.743. The molecule has 5 nitrogen and oxygen atoms in total. The molecule has 126 valence electrons. The van der Waals surface area contributed by atoms with Crippen molar-refractivity contribution in [1.29, 1.82) is 0 Å². The van der Waals surface area contributed by atoms with Gasteiger partial charge in [0.15, 0.2) is 0 Å². The third-order valence-electron chi connectivity index (χ3n) is 4.03. The second-order valence-electron chi connectivity index (χ2n) is 5.98. The molecule has 1 heterocycles. The molecule has 1 aromatic heterocycles. The number of carbonyl (C=O) groups is 1. The molecule has 1 amide bonds. The standard InChI is InChI=1S/C20H20N4O/c1-13-6-4-8-16(10-13)23-20(25)18-11-22-19(12-21-18)24-17-9-5-7-14(2)15(17)3/h4-12H,1-3H3,(H,22,24)(H,23,25). The summed E-state index contributed by atoms with van der Waals surface area (Å²) in [5, 5.41) is 6.05. The van der Waals surface area contributed by atoms with Crippen LogP contribution < -0.4 is 10.6 Å². The summed E-state index contributed by atoms with van der Waals surface area (Å²) >= 11 is 0. The number of carbonyl (C=O) groups excluding carboxylic acids is 1. The molecule has 3 aromatic rings. The predicted octanol–water partition coefficient (Wildman–Crippen LogP) is 4.40. The number of hydrogen-bond donors (Lipinski definition) is 2. The van der Waals surface area contributed by atoms with Gasteiger partial charge in [-0.3, -0.25) is 4.79 Å². The lowest BCUT2D eigenvalue weighted by molar-refractivity contribution is 0.102. The first kappa shape index (κ1) is 16.6. The Balaban J connectivity index is 1.71. The van der Waals surface area contributed by atoms with E-state index in [1.54, 1.807) is 6.20 Å². The van der Waals surface area contributed by atoms with Crippen LogP contribution in [0.1, 0.15) is 27.2 Å². The van der Waals surface area contributed by atoms with E-state index in [2.05, 4.69) is 40.5 Å². The number of aromatic nitrogens is 2. The van der Waals surface area contributed by atoms with Crippen LogP contribution in [-0.2, 0) is 0 Å². The Hall–Kier alpha value is -3.21. The van der Waals surface area contributed by atoms with Gasteiger partial charge in [0.25, 0.3) is 5.91 Å². The summed E-state index contributed by atoms with van der Waals surface area (Å²) in [6, 6.07) is 13.7. The minimum atomic E-state index is -0.281. The van der Waals surface area contributed by atoms with Crippen LogP contribution >= 0.6 is 0 Å². The van der Waals surface area contributed by atoms with E-state index in [4.69, 9.17) is 0 Å². The van der Waals surface area contributed by atoms with Gasteiger partial charge in [0.1, 0.15) is 11.5 Å². The fraction of sp³-hybridized carbons (Fsp3) is 0.150. The van der Waals surface area contributed by atoms with Crippen molar-refractivity contribution in [3.8, 4) is 0 Å². The summed E-state index contributed by atoms with van der Waals surface area (Å²) in [5.74, 6) is 0.317. The molecular formula is C20H20N4O. The van der Waals surface area contributed by atoms with Crippen LogP contribution in [0.15, 0.2) is 54.9 Å². The molecule has 0 spiro atoms. The van der Waals surface area contributed by atoms with Crippen LogP contribution in [0, 0.1) is 20.8 Å². The third-order valence-corrected chi connectivity index (χ3v) is 4.03. The van der Waals surface area contributed by atoms with Gasteiger partial charge >= 0.3 is 0 Å². The van der Waals surface area contributed by atoms with Crippen LogP contribution in [-0.4, -0.2) is 15.9 Å². The van der Waals surface area contributed by atoms with Crippen LogP contribution in [0.5, 0.6) is 0 Å². The van der Waals surface area contributed by atoms with Gasteiger partial charge in [-0.05, 0) is 55.7 Å².